The number of piperidine rings is 1. The molecular formula is C14H22N4O. The van der Waals surface area contributed by atoms with Crippen LogP contribution in [0.5, 0.6) is 0 Å². The second-order valence-electron chi connectivity index (χ2n) is 5.62. The Kier molecular flexibility index (Phi) is 3.31. The number of nitrogens with one attached hydrogen (secondary N) is 1. The van der Waals surface area contributed by atoms with Gasteiger partial charge in [0.2, 0.25) is 5.91 Å². The van der Waals surface area contributed by atoms with E-state index in [-0.39, 0.29) is 5.92 Å². The smallest absolute Gasteiger partial charge is 0.227 e. The Bertz CT molecular complexity index is 482. The van der Waals surface area contributed by atoms with Crippen LogP contribution < -0.4 is 5.32 Å². The number of hydrogen-bond donors (Lipinski definition) is 1. The zero-order valence-electron chi connectivity index (χ0n) is 11.7. The van der Waals surface area contributed by atoms with E-state index in [1.165, 1.54) is 0 Å². The normalized spacial score (nSPS) is 26.8. The first-order valence-electron chi connectivity index (χ1n) is 7.24. The van der Waals surface area contributed by atoms with E-state index in [1.54, 1.807) is 0 Å². The van der Waals surface area contributed by atoms with Crippen LogP contribution in [0.1, 0.15) is 31.2 Å². The number of amides is 1. The van der Waals surface area contributed by atoms with Gasteiger partial charge >= 0.3 is 0 Å². The summed E-state index contributed by atoms with van der Waals surface area (Å²) < 4.78 is 2.00. The Balaban J connectivity index is 1.74. The molecule has 19 heavy (non-hydrogen) atoms. The van der Waals surface area contributed by atoms with Crippen molar-refractivity contribution in [2.75, 3.05) is 13.1 Å². The summed E-state index contributed by atoms with van der Waals surface area (Å²) in [5.74, 6) is 0.520. The Hall–Kier alpha value is -1.36. The Labute approximate surface area is 114 Å². The van der Waals surface area contributed by atoms with Gasteiger partial charge in [0.25, 0.3) is 0 Å². The number of hydrogen-bond acceptors (Lipinski definition) is 3. The van der Waals surface area contributed by atoms with Crippen LogP contribution >= 0.6 is 0 Å². The van der Waals surface area contributed by atoms with Crippen LogP contribution in [0.15, 0.2) is 6.07 Å². The molecule has 1 aromatic heterocycles. The van der Waals surface area contributed by atoms with E-state index in [0.29, 0.717) is 18.5 Å². The zero-order chi connectivity index (χ0) is 13.4. The molecule has 2 aliphatic heterocycles. The van der Waals surface area contributed by atoms with Gasteiger partial charge in [-0.25, -0.2) is 0 Å². The maximum absolute atomic E-state index is 12.4. The van der Waals surface area contributed by atoms with Gasteiger partial charge in [-0.3, -0.25) is 9.48 Å². The van der Waals surface area contributed by atoms with E-state index in [2.05, 4.69) is 23.4 Å². The maximum atomic E-state index is 12.4. The SMILES string of the molecule is CCn1nc(C)cc1CN1CC2NCCCC2C1=O. The number of carbonyl (C=O) groups excluding carboxylic acids is 1. The van der Waals surface area contributed by atoms with Crippen molar-refractivity contribution in [1.29, 1.82) is 0 Å². The number of rotatable bonds is 3. The van der Waals surface area contributed by atoms with E-state index in [9.17, 15) is 4.79 Å². The average molecular weight is 262 g/mol. The third-order valence-electron chi connectivity index (χ3n) is 4.27. The molecule has 2 fully saturated rings. The van der Waals surface area contributed by atoms with Crippen molar-refractivity contribution in [3.8, 4) is 0 Å². The predicted molar refractivity (Wildman–Crippen MR) is 72.6 cm³/mol. The van der Waals surface area contributed by atoms with Gasteiger partial charge in [0.05, 0.1) is 23.9 Å². The molecule has 0 radical (unpaired) electrons. The lowest BCUT2D eigenvalue weighted by atomic mass is 9.94. The molecule has 1 N–H and O–H groups in total. The molecule has 0 spiro atoms. The van der Waals surface area contributed by atoms with Gasteiger partial charge in [-0.15, -0.1) is 0 Å². The predicted octanol–water partition coefficient (Wildman–Crippen LogP) is 0.922. The van der Waals surface area contributed by atoms with Crippen molar-refractivity contribution < 1.29 is 4.79 Å². The molecule has 1 aromatic rings. The molecular weight excluding hydrogens is 240 g/mol. The second-order valence-corrected chi connectivity index (χ2v) is 5.62. The lowest BCUT2D eigenvalue weighted by molar-refractivity contribution is -0.132. The molecule has 5 nitrogen and oxygen atoms in total. The molecule has 2 unspecified atom stereocenters. The maximum Gasteiger partial charge on any atom is 0.227 e. The Morgan fingerprint density at radius 1 is 1.53 bits per heavy atom. The molecule has 5 heteroatoms. The number of aromatic nitrogens is 2. The first kappa shape index (κ1) is 12.7. The lowest BCUT2D eigenvalue weighted by Gasteiger charge is -2.23. The van der Waals surface area contributed by atoms with Gasteiger partial charge in [0.1, 0.15) is 0 Å². The first-order chi connectivity index (χ1) is 9.19. The van der Waals surface area contributed by atoms with Crippen LogP contribution in [0.3, 0.4) is 0 Å². The molecule has 0 aliphatic carbocycles. The van der Waals surface area contributed by atoms with Crippen LogP contribution in [0.4, 0.5) is 0 Å². The van der Waals surface area contributed by atoms with E-state index in [1.807, 2.05) is 16.5 Å². The minimum absolute atomic E-state index is 0.202. The quantitative estimate of drug-likeness (QED) is 0.881. The fourth-order valence-corrected chi connectivity index (χ4v) is 3.34. The first-order valence-corrected chi connectivity index (χ1v) is 7.24. The number of fused-ring (bicyclic) bond motifs is 1. The van der Waals surface area contributed by atoms with Crippen molar-refractivity contribution >= 4 is 5.91 Å². The number of aryl methyl sites for hydroxylation is 2. The van der Waals surface area contributed by atoms with Crippen LogP contribution in [0, 0.1) is 12.8 Å². The van der Waals surface area contributed by atoms with E-state index >= 15 is 0 Å². The summed E-state index contributed by atoms with van der Waals surface area (Å²) in [6, 6.07) is 2.45. The molecule has 3 heterocycles. The van der Waals surface area contributed by atoms with Crippen LogP contribution in [-0.2, 0) is 17.9 Å². The van der Waals surface area contributed by atoms with E-state index in [4.69, 9.17) is 0 Å². The van der Waals surface area contributed by atoms with E-state index in [0.717, 1.165) is 43.9 Å². The molecule has 2 saturated heterocycles. The van der Waals surface area contributed by atoms with Gasteiger partial charge in [-0.2, -0.15) is 5.10 Å². The fraction of sp³-hybridized carbons (Fsp3) is 0.714. The third-order valence-corrected chi connectivity index (χ3v) is 4.27. The summed E-state index contributed by atoms with van der Waals surface area (Å²) >= 11 is 0. The van der Waals surface area contributed by atoms with Crippen LogP contribution in [0.2, 0.25) is 0 Å². The highest BCUT2D eigenvalue weighted by molar-refractivity contribution is 5.82. The lowest BCUT2D eigenvalue weighted by Crippen LogP contribution is -2.41. The monoisotopic (exact) mass is 262 g/mol. The van der Waals surface area contributed by atoms with Crippen molar-refractivity contribution in [3.05, 3.63) is 17.5 Å². The Morgan fingerprint density at radius 3 is 3.11 bits per heavy atom. The summed E-state index contributed by atoms with van der Waals surface area (Å²) in [5, 5.41) is 7.93. The van der Waals surface area contributed by atoms with Gasteiger partial charge in [-0.05, 0) is 39.3 Å². The average Bonchev–Trinajstić information content (AvgIpc) is 2.92. The molecule has 3 rings (SSSR count). The van der Waals surface area contributed by atoms with Crippen molar-refractivity contribution in [1.82, 2.24) is 20.0 Å². The minimum atomic E-state index is 0.202. The molecule has 2 atom stereocenters. The van der Waals surface area contributed by atoms with Gasteiger partial charge in [0.15, 0.2) is 0 Å². The molecule has 0 saturated carbocycles. The molecule has 104 valence electrons. The zero-order valence-corrected chi connectivity index (χ0v) is 11.7. The largest absolute Gasteiger partial charge is 0.335 e. The highest BCUT2D eigenvalue weighted by Gasteiger charge is 2.41. The van der Waals surface area contributed by atoms with Gasteiger partial charge in [0, 0.05) is 19.1 Å². The molecule has 2 aliphatic rings. The fourth-order valence-electron chi connectivity index (χ4n) is 3.34. The molecule has 0 aromatic carbocycles. The minimum Gasteiger partial charge on any atom is -0.335 e. The highest BCUT2D eigenvalue weighted by Crippen LogP contribution is 2.27. The van der Waals surface area contributed by atoms with Gasteiger partial charge in [-0.1, -0.05) is 0 Å². The highest BCUT2D eigenvalue weighted by atomic mass is 16.2. The summed E-state index contributed by atoms with van der Waals surface area (Å²) in [4.78, 5) is 14.4. The van der Waals surface area contributed by atoms with Crippen LogP contribution in [0.25, 0.3) is 0 Å². The number of carbonyl (C=O) groups is 1. The third kappa shape index (κ3) is 2.27. The Morgan fingerprint density at radius 2 is 2.37 bits per heavy atom. The summed E-state index contributed by atoms with van der Waals surface area (Å²) in [7, 11) is 0. The number of nitrogens with zero attached hydrogens (tertiary/aromatic N) is 3. The summed E-state index contributed by atoms with van der Waals surface area (Å²) in [6.45, 7) is 7.54. The number of likely N-dealkylation sites (tertiary alicyclic amines) is 1. The topological polar surface area (TPSA) is 50.2 Å². The van der Waals surface area contributed by atoms with Crippen molar-refractivity contribution in [2.24, 2.45) is 5.92 Å². The van der Waals surface area contributed by atoms with Crippen LogP contribution in [-0.4, -0.2) is 39.7 Å². The molecule has 0 bridgehead atoms. The standard InChI is InChI=1S/C14H22N4O/c1-3-18-11(7-10(2)16-18)8-17-9-13-12(14(17)19)5-4-6-15-13/h7,12-13,15H,3-6,8-9H2,1-2H3. The summed E-state index contributed by atoms with van der Waals surface area (Å²) in [6.07, 6.45) is 2.16. The van der Waals surface area contributed by atoms with E-state index < -0.39 is 0 Å². The van der Waals surface area contributed by atoms with Gasteiger partial charge < -0.3 is 10.2 Å². The van der Waals surface area contributed by atoms with Crippen molar-refractivity contribution in [2.45, 2.75) is 45.8 Å². The second kappa shape index (κ2) is 4.96. The molecule has 1 amide bonds. The summed E-state index contributed by atoms with van der Waals surface area (Å²) in [5.41, 5.74) is 2.17. The van der Waals surface area contributed by atoms with Crippen molar-refractivity contribution in [3.63, 3.8) is 0 Å².